The number of amides is 3. The summed E-state index contributed by atoms with van der Waals surface area (Å²) < 4.78 is 9.98. The van der Waals surface area contributed by atoms with Crippen LogP contribution in [0.25, 0.3) is 0 Å². The predicted molar refractivity (Wildman–Crippen MR) is 110 cm³/mol. The summed E-state index contributed by atoms with van der Waals surface area (Å²) in [5.74, 6) is 0.556. The minimum Gasteiger partial charge on any atom is -0.497 e. The third-order valence-electron chi connectivity index (χ3n) is 5.62. The molecule has 0 saturated carbocycles. The Labute approximate surface area is 176 Å². The molecule has 3 atom stereocenters. The molecule has 1 aromatic rings. The number of hydrogen-bond acceptors (Lipinski definition) is 6. The minimum absolute atomic E-state index is 0.00512. The number of carbonyl (C=O) groups excluding carboxylic acids is 3. The van der Waals surface area contributed by atoms with Gasteiger partial charge >= 0.3 is 0 Å². The van der Waals surface area contributed by atoms with Crippen molar-refractivity contribution in [2.45, 2.75) is 43.9 Å². The van der Waals surface area contributed by atoms with Crippen molar-refractivity contribution >= 4 is 17.7 Å². The van der Waals surface area contributed by atoms with Crippen molar-refractivity contribution in [2.24, 2.45) is 0 Å². The average molecular weight is 418 g/mol. The molecule has 9 heteroatoms. The first kappa shape index (κ1) is 22.0. The molecule has 9 nitrogen and oxygen atoms in total. The van der Waals surface area contributed by atoms with Crippen LogP contribution in [0.4, 0.5) is 0 Å². The van der Waals surface area contributed by atoms with Crippen LogP contribution in [0.1, 0.15) is 24.8 Å². The Balaban J connectivity index is 1.46. The van der Waals surface area contributed by atoms with Crippen LogP contribution in [-0.2, 0) is 25.7 Å². The molecule has 0 bridgehead atoms. The van der Waals surface area contributed by atoms with E-state index >= 15 is 0 Å². The van der Waals surface area contributed by atoms with Gasteiger partial charge < -0.3 is 25.4 Å². The summed E-state index contributed by atoms with van der Waals surface area (Å²) in [6.45, 7) is 1.58. The SMILES string of the molecule is COCC(=O)N[C@@H]1C[C@H]2C(=O)NC[C@@H](CCC(=O)NCc3ccc(OC)cc3)N2C1. The standard InChI is InChI=1S/C21H30N4O5/c1-29-13-20(27)24-15-9-18-21(28)23-11-16(25(18)12-15)5-8-19(26)22-10-14-3-6-17(30-2)7-4-14/h3-4,6-7,15-16,18H,5,8-13H2,1-2H3,(H,22,26)(H,23,28)(H,24,27)/t15-,16-,18+/m1/s1. The Morgan fingerprint density at radius 2 is 1.97 bits per heavy atom. The van der Waals surface area contributed by atoms with Crippen LogP contribution in [0.15, 0.2) is 24.3 Å². The lowest BCUT2D eigenvalue weighted by atomic mass is 10.0. The van der Waals surface area contributed by atoms with E-state index in [1.807, 2.05) is 24.3 Å². The highest BCUT2D eigenvalue weighted by Crippen LogP contribution is 2.25. The molecule has 3 rings (SSSR count). The van der Waals surface area contributed by atoms with Gasteiger partial charge in [-0.2, -0.15) is 0 Å². The Kier molecular flexibility index (Phi) is 7.64. The highest BCUT2D eigenvalue weighted by molar-refractivity contribution is 5.84. The molecule has 3 N–H and O–H groups in total. The number of piperazine rings is 1. The van der Waals surface area contributed by atoms with E-state index in [9.17, 15) is 14.4 Å². The van der Waals surface area contributed by atoms with Crippen molar-refractivity contribution in [1.82, 2.24) is 20.9 Å². The zero-order valence-corrected chi connectivity index (χ0v) is 17.5. The van der Waals surface area contributed by atoms with Crippen molar-refractivity contribution in [3.05, 3.63) is 29.8 Å². The third-order valence-corrected chi connectivity index (χ3v) is 5.62. The zero-order valence-electron chi connectivity index (χ0n) is 17.5. The first-order valence-corrected chi connectivity index (χ1v) is 10.2. The summed E-state index contributed by atoms with van der Waals surface area (Å²) >= 11 is 0. The number of hydrogen-bond donors (Lipinski definition) is 3. The van der Waals surface area contributed by atoms with Gasteiger partial charge in [0, 0.05) is 45.2 Å². The first-order chi connectivity index (χ1) is 14.5. The number of ether oxygens (including phenoxy) is 2. The number of benzene rings is 1. The van der Waals surface area contributed by atoms with Gasteiger partial charge in [0.15, 0.2) is 0 Å². The van der Waals surface area contributed by atoms with Gasteiger partial charge in [0.1, 0.15) is 12.4 Å². The van der Waals surface area contributed by atoms with E-state index in [1.165, 1.54) is 7.11 Å². The molecule has 0 aliphatic carbocycles. The zero-order chi connectivity index (χ0) is 21.5. The number of fused-ring (bicyclic) bond motifs is 1. The van der Waals surface area contributed by atoms with Gasteiger partial charge in [-0.15, -0.1) is 0 Å². The van der Waals surface area contributed by atoms with Crippen molar-refractivity contribution in [1.29, 1.82) is 0 Å². The van der Waals surface area contributed by atoms with Gasteiger partial charge in [0.25, 0.3) is 0 Å². The second kappa shape index (κ2) is 10.4. The fraction of sp³-hybridized carbons (Fsp3) is 0.571. The molecule has 0 radical (unpaired) electrons. The monoisotopic (exact) mass is 418 g/mol. The van der Waals surface area contributed by atoms with E-state index in [1.54, 1.807) is 7.11 Å². The van der Waals surface area contributed by atoms with Crippen LogP contribution in [0.3, 0.4) is 0 Å². The Morgan fingerprint density at radius 3 is 2.67 bits per heavy atom. The summed E-state index contributed by atoms with van der Waals surface area (Å²) in [6.07, 6.45) is 1.59. The van der Waals surface area contributed by atoms with E-state index in [4.69, 9.17) is 9.47 Å². The summed E-state index contributed by atoms with van der Waals surface area (Å²) in [5, 5.41) is 8.79. The number of nitrogens with one attached hydrogen (secondary N) is 3. The lowest BCUT2D eigenvalue weighted by Gasteiger charge is -2.37. The lowest BCUT2D eigenvalue weighted by Crippen LogP contribution is -2.58. The molecular formula is C21H30N4O5. The Bertz CT molecular complexity index is 754. The lowest BCUT2D eigenvalue weighted by molar-refractivity contribution is -0.129. The van der Waals surface area contributed by atoms with Crippen molar-refractivity contribution in [3.63, 3.8) is 0 Å². The molecule has 3 amide bonds. The van der Waals surface area contributed by atoms with Crippen LogP contribution in [0.2, 0.25) is 0 Å². The molecule has 1 aromatic carbocycles. The van der Waals surface area contributed by atoms with Gasteiger partial charge in [0.05, 0.1) is 13.2 Å². The number of methoxy groups -OCH3 is 2. The van der Waals surface area contributed by atoms with Crippen LogP contribution >= 0.6 is 0 Å². The summed E-state index contributed by atoms with van der Waals surface area (Å²) in [5.41, 5.74) is 1.00. The van der Waals surface area contributed by atoms with Gasteiger partial charge in [-0.1, -0.05) is 12.1 Å². The minimum atomic E-state index is -0.265. The average Bonchev–Trinajstić information content (AvgIpc) is 3.17. The fourth-order valence-corrected chi connectivity index (χ4v) is 4.08. The maximum atomic E-state index is 12.3. The molecule has 2 aliphatic heterocycles. The molecule has 0 spiro atoms. The molecule has 0 unspecified atom stereocenters. The molecule has 0 aromatic heterocycles. The largest absolute Gasteiger partial charge is 0.497 e. The molecule has 2 saturated heterocycles. The predicted octanol–water partition coefficient (Wildman–Crippen LogP) is -0.204. The van der Waals surface area contributed by atoms with Gasteiger partial charge in [-0.25, -0.2) is 0 Å². The van der Waals surface area contributed by atoms with Crippen molar-refractivity contribution in [2.75, 3.05) is 33.9 Å². The van der Waals surface area contributed by atoms with E-state index < -0.39 is 0 Å². The quantitative estimate of drug-likeness (QED) is 0.512. The number of nitrogens with zero attached hydrogens (tertiary/aromatic N) is 1. The molecule has 2 heterocycles. The number of carbonyl (C=O) groups is 3. The second-order valence-corrected chi connectivity index (χ2v) is 7.71. The normalized spacial score (nSPS) is 23.4. The van der Waals surface area contributed by atoms with E-state index in [0.717, 1.165) is 11.3 Å². The van der Waals surface area contributed by atoms with Gasteiger partial charge in [-0.05, 0) is 30.5 Å². The summed E-state index contributed by atoms with van der Waals surface area (Å²) in [4.78, 5) is 38.5. The maximum absolute atomic E-state index is 12.3. The highest BCUT2D eigenvalue weighted by Gasteiger charge is 2.43. The summed E-state index contributed by atoms with van der Waals surface area (Å²) in [7, 11) is 3.09. The van der Waals surface area contributed by atoms with Crippen molar-refractivity contribution in [3.8, 4) is 5.75 Å². The van der Waals surface area contributed by atoms with Crippen LogP contribution in [-0.4, -0.2) is 74.7 Å². The third kappa shape index (κ3) is 5.70. The fourth-order valence-electron chi connectivity index (χ4n) is 4.08. The van der Waals surface area contributed by atoms with Gasteiger partial charge in [0.2, 0.25) is 17.7 Å². The van der Waals surface area contributed by atoms with Crippen molar-refractivity contribution < 1.29 is 23.9 Å². The molecular weight excluding hydrogens is 388 g/mol. The van der Waals surface area contributed by atoms with E-state index in [0.29, 0.717) is 38.9 Å². The van der Waals surface area contributed by atoms with Crippen LogP contribution in [0, 0.1) is 0 Å². The summed E-state index contributed by atoms with van der Waals surface area (Å²) in [6, 6.07) is 7.28. The topological polar surface area (TPSA) is 109 Å². The van der Waals surface area contributed by atoms with Crippen LogP contribution < -0.4 is 20.7 Å². The van der Waals surface area contributed by atoms with E-state index in [2.05, 4.69) is 20.9 Å². The second-order valence-electron chi connectivity index (χ2n) is 7.71. The smallest absolute Gasteiger partial charge is 0.246 e. The van der Waals surface area contributed by atoms with E-state index in [-0.39, 0.29) is 42.5 Å². The Hall–Kier alpha value is -2.65. The number of rotatable bonds is 9. The highest BCUT2D eigenvalue weighted by atomic mass is 16.5. The Morgan fingerprint density at radius 1 is 1.20 bits per heavy atom. The van der Waals surface area contributed by atoms with Crippen LogP contribution in [0.5, 0.6) is 5.75 Å². The molecule has 30 heavy (non-hydrogen) atoms. The maximum Gasteiger partial charge on any atom is 0.246 e. The molecule has 2 aliphatic rings. The first-order valence-electron chi connectivity index (χ1n) is 10.2. The molecule has 2 fully saturated rings. The molecule has 164 valence electrons. The van der Waals surface area contributed by atoms with Gasteiger partial charge in [-0.3, -0.25) is 19.3 Å².